The van der Waals surface area contributed by atoms with Gasteiger partial charge in [-0.15, -0.1) is 0 Å². The van der Waals surface area contributed by atoms with Gasteiger partial charge in [-0.05, 0) is 0 Å². The molecule has 0 radical (unpaired) electrons. The van der Waals surface area contributed by atoms with E-state index in [9.17, 15) is 0 Å². The van der Waals surface area contributed by atoms with Crippen molar-refractivity contribution in [2.75, 3.05) is 13.1 Å². The molecular weight excluding hydrogens is 104 g/mol. The largest absolute Gasteiger partial charge is 0.479 e. The molecule has 0 saturated carbocycles. The second-order valence-corrected chi connectivity index (χ2v) is 1.63. The molecule has 0 aliphatic carbocycles. The van der Waals surface area contributed by atoms with E-state index in [1.54, 1.807) is 6.26 Å². The lowest BCUT2D eigenvalue weighted by molar-refractivity contribution is 0.110. The van der Waals surface area contributed by atoms with Crippen molar-refractivity contribution in [1.82, 2.24) is 5.32 Å². The summed E-state index contributed by atoms with van der Waals surface area (Å²) in [4.78, 5) is 0. The minimum Gasteiger partial charge on any atom is -0.479 e. The van der Waals surface area contributed by atoms with Crippen molar-refractivity contribution in [3.63, 3.8) is 0 Å². The van der Waals surface area contributed by atoms with Gasteiger partial charge in [0.2, 0.25) is 0 Å². The van der Waals surface area contributed by atoms with Crippen molar-refractivity contribution in [3.05, 3.63) is 12.3 Å². The number of ether oxygens (including phenoxy) is 1. The average molecular weight is 114 g/mol. The highest BCUT2D eigenvalue weighted by atomic mass is 16.5. The van der Waals surface area contributed by atoms with Gasteiger partial charge >= 0.3 is 0 Å². The molecule has 0 bridgehead atoms. The van der Waals surface area contributed by atoms with Crippen molar-refractivity contribution in [2.45, 2.75) is 6.23 Å². The van der Waals surface area contributed by atoms with Crippen LogP contribution in [0.15, 0.2) is 12.3 Å². The summed E-state index contributed by atoms with van der Waals surface area (Å²) < 4.78 is 4.89. The second-order valence-electron chi connectivity index (χ2n) is 1.63. The van der Waals surface area contributed by atoms with E-state index in [1.165, 1.54) is 0 Å². The summed E-state index contributed by atoms with van der Waals surface area (Å²) in [5.41, 5.74) is 5.21. The maximum Gasteiger partial charge on any atom is 0.171 e. The quantitative estimate of drug-likeness (QED) is 0.515. The van der Waals surface area contributed by atoms with E-state index >= 15 is 0 Å². The molecule has 1 unspecified atom stereocenters. The van der Waals surface area contributed by atoms with Crippen LogP contribution in [0.4, 0.5) is 0 Å². The predicted molar refractivity (Wildman–Crippen MR) is 31.1 cm³/mol. The standard InChI is InChI=1S/C5H10N2O/c6-2-3-7-5-1-4-8-5/h1,4-5,7H,2-3,6H2. The van der Waals surface area contributed by atoms with Gasteiger partial charge < -0.3 is 10.5 Å². The molecule has 0 saturated heterocycles. The monoisotopic (exact) mass is 114 g/mol. The first-order chi connectivity index (χ1) is 3.93. The van der Waals surface area contributed by atoms with Crippen LogP contribution < -0.4 is 11.1 Å². The highest BCUT2D eigenvalue weighted by Gasteiger charge is 2.07. The summed E-state index contributed by atoms with van der Waals surface area (Å²) in [6.07, 6.45) is 3.72. The molecule has 0 aromatic carbocycles. The molecule has 1 atom stereocenters. The van der Waals surface area contributed by atoms with Crippen LogP contribution in [0.2, 0.25) is 0 Å². The fourth-order valence-electron chi connectivity index (χ4n) is 0.499. The lowest BCUT2D eigenvalue weighted by Gasteiger charge is -2.19. The minimum absolute atomic E-state index is 0.124. The van der Waals surface area contributed by atoms with Gasteiger partial charge in [-0.3, -0.25) is 5.32 Å². The van der Waals surface area contributed by atoms with Gasteiger partial charge in [0.1, 0.15) is 0 Å². The Balaban J connectivity index is 1.95. The zero-order chi connectivity index (χ0) is 5.82. The Hall–Kier alpha value is -0.540. The van der Waals surface area contributed by atoms with Crippen molar-refractivity contribution in [1.29, 1.82) is 0 Å². The Bertz CT molecular complexity index is 92.4. The van der Waals surface area contributed by atoms with Gasteiger partial charge in [0.15, 0.2) is 6.23 Å². The number of hydrogen-bond acceptors (Lipinski definition) is 3. The summed E-state index contributed by atoms with van der Waals surface area (Å²) in [5, 5.41) is 3.03. The molecule has 1 rings (SSSR count). The lowest BCUT2D eigenvalue weighted by Crippen LogP contribution is -2.36. The highest BCUT2D eigenvalue weighted by Crippen LogP contribution is 2.00. The molecule has 3 nitrogen and oxygen atoms in total. The van der Waals surface area contributed by atoms with Crippen LogP contribution in [-0.4, -0.2) is 19.3 Å². The molecule has 0 amide bonds. The number of nitrogens with two attached hydrogens (primary N) is 1. The van der Waals surface area contributed by atoms with Gasteiger partial charge in [-0.2, -0.15) is 0 Å². The van der Waals surface area contributed by atoms with Crippen molar-refractivity contribution < 1.29 is 4.74 Å². The van der Waals surface area contributed by atoms with E-state index in [0.717, 1.165) is 6.54 Å². The molecule has 0 aromatic heterocycles. The van der Waals surface area contributed by atoms with Crippen LogP contribution in [0.25, 0.3) is 0 Å². The maximum absolute atomic E-state index is 5.21. The van der Waals surface area contributed by atoms with Gasteiger partial charge in [0.25, 0.3) is 0 Å². The fourth-order valence-corrected chi connectivity index (χ4v) is 0.499. The third-order valence-electron chi connectivity index (χ3n) is 0.968. The molecule has 1 aliphatic rings. The van der Waals surface area contributed by atoms with Gasteiger partial charge in [0.05, 0.1) is 6.26 Å². The number of nitrogens with one attached hydrogen (secondary N) is 1. The SMILES string of the molecule is NCCNC1C=CO1. The Morgan fingerprint density at radius 2 is 2.50 bits per heavy atom. The fraction of sp³-hybridized carbons (Fsp3) is 0.600. The first kappa shape index (κ1) is 5.59. The van der Waals surface area contributed by atoms with Crippen LogP contribution in [0.3, 0.4) is 0 Å². The highest BCUT2D eigenvalue weighted by molar-refractivity contribution is 4.92. The smallest absolute Gasteiger partial charge is 0.171 e. The molecule has 3 N–H and O–H groups in total. The van der Waals surface area contributed by atoms with E-state index < -0.39 is 0 Å². The van der Waals surface area contributed by atoms with E-state index in [1.807, 2.05) is 6.08 Å². The molecule has 8 heavy (non-hydrogen) atoms. The summed E-state index contributed by atoms with van der Waals surface area (Å²) in [6.45, 7) is 1.47. The van der Waals surface area contributed by atoms with Crippen LogP contribution in [0.1, 0.15) is 0 Å². The minimum atomic E-state index is 0.124. The maximum atomic E-state index is 5.21. The van der Waals surface area contributed by atoms with Crippen molar-refractivity contribution in [2.24, 2.45) is 5.73 Å². The van der Waals surface area contributed by atoms with E-state index in [2.05, 4.69) is 5.32 Å². The summed E-state index contributed by atoms with van der Waals surface area (Å²) >= 11 is 0. The summed E-state index contributed by atoms with van der Waals surface area (Å²) in [5.74, 6) is 0. The predicted octanol–water partition coefficient (Wildman–Crippen LogP) is -0.595. The van der Waals surface area contributed by atoms with Crippen LogP contribution in [-0.2, 0) is 4.74 Å². The van der Waals surface area contributed by atoms with E-state index in [-0.39, 0.29) is 6.23 Å². The number of rotatable bonds is 3. The molecule has 46 valence electrons. The zero-order valence-electron chi connectivity index (χ0n) is 4.63. The van der Waals surface area contributed by atoms with Crippen molar-refractivity contribution >= 4 is 0 Å². The molecule has 0 aromatic rings. The van der Waals surface area contributed by atoms with Gasteiger partial charge in [-0.1, -0.05) is 0 Å². The molecule has 0 spiro atoms. The molecular formula is C5H10N2O. The molecule has 1 heterocycles. The number of hydrogen-bond donors (Lipinski definition) is 2. The topological polar surface area (TPSA) is 47.3 Å². The molecule has 1 aliphatic heterocycles. The van der Waals surface area contributed by atoms with Crippen LogP contribution >= 0.6 is 0 Å². The second kappa shape index (κ2) is 2.69. The summed E-state index contributed by atoms with van der Waals surface area (Å²) in [6, 6.07) is 0. The normalized spacial score (nSPS) is 24.4. The zero-order valence-corrected chi connectivity index (χ0v) is 4.63. The van der Waals surface area contributed by atoms with Gasteiger partial charge in [0, 0.05) is 19.2 Å². The Labute approximate surface area is 48.5 Å². The van der Waals surface area contributed by atoms with E-state index in [4.69, 9.17) is 10.5 Å². The first-order valence-electron chi connectivity index (χ1n) is 2.69. The van der Waals surface area contributed by atoms with Gasteiger partial charge in [-0.25, -0.2) is 0 Å². The Morgan fingerprint density at radius 1 is 1.75 bits per heavy atom. The van der Waals surface area contributed by atoms with Crippen LogP contribution in [0.5, 0.6) is 0 Å². The Morgan fingerprint density at radius 3 is 2.88 bits per heavy atom. The van der Waals surface area contributed by atoms with E-state index in [0.29, 0.717) is 6.54 Å². The molecule has 0 fully saturated rings. The third-order valence-corrected chi connectivity index (χ3v) is 0.968. The molecule has 3 heteroatoms. The third kappa shape index (κ3) is 1.21. The Kier molecular flexibility index (Phi) is 1.88. The van der Waals surface area contributed by atoms with Crippen LogP contribution in [0, 0.1) is 0 Å². The summed E-state index contributed by atoms with van der Waals surface area (Å²) in [7, 11) is 0. The first-order valence-corrected chi connectivity index (χ1v) is 2.69. The lowest BCUT2D eigenvalue weighted by atomic mass is 10.4. The average Bonchev–Trinajstić information content (AvgIpc) is 1.63. The van der Waals surface area contributed by atoms with Crippen molar-refractivity contribution in [3.8, 4) is 0 Å².